The number of hydrogen-bond acceptors (Lipinski definition) is 5. The van der Waals surface area contributed by atoms with Crippen molar-refractivity contribution in [3.05, 3.63) is 57.8 Å². The fraction of sp³-hybridized carbons (Fsp3) is 0.294. The summed E-state index contributed by atoms with van der Waals surface area (Å²) >= 11 is 1.39. The third-order valence-corrected chi connectivity index (χ3v) is 4.43. The first-order chi connectivity index (χ1) is 11.6. The number of rotatable bonds is 7. The van der Waals surface area contributed by atoms with Gasteiger partial charge >= 0.3 is 11.8 Å². The van der Waals surface area contributed by atoms with Gasteiger partial charge in [0.05, 0.1) is 13.2 Å². The van der Waals surface area contributed by atoms with Crippen LogP contribution in [0.4, 0.5) is 0 Å². The third kappa shape index (κ3) is 5.16. The molecule has 24 heavy (non-hydrogen) atoms. The minimum Gasteiger partial charge on any atom is -0.383 e. The van der Waals surface area contributed by atoms with E-state index >= 15 is 0 Å². The summed E-state index contributed by atoms with van der Waals surface area (Å²) in [5.41, 5.74) is 0.812. The van der Waals surface area contributed by atoms with Gasteiger partial charge in [-0.3, -0.25) is 9.59 Å². The van der Waals surface area contributed by atoms with Crippen molar-refractivity contribution in [3.8, 4) is 0 Å². The van der Waals surface area contributed by atoms with Crippen LogP contribution in [0, 0.1) is 0 Å². The lowest BCUT2D eigenvalue weighted by atomic mass is 10.1. The summed E-state index contributed by atoms with van der Waals surface area (Å²) in [6, 6.07) is 13.0. The van der Waals surface area contributed by atoms with Crippen LogP contribution in [0.5, 0.6) is 0 Å². The van der Waals surface area contributed by atoms with Crippen LogP contribution in [-0.4, -0.2) is 37.2 Å². The topological polar surface area (TPSA) is 87.7 Å². The predicted octanol–water partition coefficient (Wildman–Crippen LogP) is 1.21. The molecule has 0 aliphatic rings. The number of thiophene rings is 1. The molecule has 1 aromatic heterocycles. The zero-order chi connectivity index (χ0) is 17.4. The van der Waals surface area contributed by atoms with Crippen molar-refractivity contribution >= 4 is 23.2 Å². The zero-order valence-corrected chi connectivity index (χ0v) is 14.1. The molecule has 2 aromatic rings. The van der Waals surface area contributed by atoms with Gasteiger partial charge in [-0.2, -0.15) is 0 Å². The van der Waals surface area contributed by atoms with Crippen LogP contribution in [-0.2, 0) is 20.9 Å². The first kappa shape index (κ1) is 18.1. The molecule has 0 bridgehead atoms. The molecule has 0 aliphatic heterocycles. The standard InChI is InChI=1S/C17H20N2O4S/c1-23-10-9-18-16(21)17(22)19-11-13-7-8-14(24-13)15(20)12-5-3-2-4-6-12/h2-8,15,20H,9-11H2,1H3,(H,18,21)(H,19,22). The van der Waals surface area contributed by atoms with Gasteiger partial charge in [-0.1, -0.05) is 30.3 Å². The van der Waals surface area contributed by atoms with E-state index in [1.807, 2.05) is 42.5 Å². The van der Waals surface area contributed by atoms with E-state index in [0.29, 0.717) is 6.61 Å². The Kier molecular flexibility index (Phi) is 6.92. The van der Waals surface area contributed by atoms with Crippen molar-refractivity contribution in [3.63, 3.8) is 0 Å². The molecule has 0 fully saturated rings. The normalized spacial score (nSPS) is 11.8. The fourth-order valence-corrected chi connectivity index (χ4v) is 3.00. The summed E-state index contributed by atoms with van der Waals surface area (Å²) in [5.74, 6) is -1.38. The second kappa shape index (κ2) is 9.17. The molecule has 1 unspecified atom stereocenters. The molecule has 0 radical (unpaired) electrons. The van der Waals surface area contributed by atoms with E-state index < -0.39 is 17.9 Å². The Bertz CT molecular complexity index is 672. The summed E-state index contributed by atoms with van der Waals surface area (Å²) in [5, 5.41) is 15.3. The predicted molar refractivity (Wildman–Crippen MR) is 91.6 cm³/mol. The monoisotopic (exact) mass is 348 g/mol. The lowest BCUT2D eigenvalue weighted by Gasteiger charge is -2.08. The smallest absolute Gasteiger partial charge is 0.309 e. The summed E-state index contributed by atoms with van der Waals surface area (Å²) in [7, 11) is 1.52. The molecule has 0 saturated carbocycles. The fourth-order valence-electron chi connectivity index (χ4n) is 2.03. The molecule has 1 heterocycles. The van der Waals surface area contributed by atoms with E-state index in [9.17, 15) is 14.7 Å². The van der Waals surface area contributed by atoms with E-state index in [1.165, 1.54) is 18.4 Å². The van der Waals surface area contributed by atoms with E-state index in [2.05, 4.69) is 10.6 Å². The maximum absolute atomic E-state index is 11.7. The number of ether oxygens (including phenoxy) is 1. The molecule has 1 aromatic carbocycles. The van der Waals surface area contributed by atoms with Crippen molar-refractivity contribution in [1.82, 2.24) is 10.6 Å². The van der Waals surface area contributed by atoms with Crippen molar-refractivity contribution < 1.29 is 19.4 Å². The second-order valence-electron chi connectivity index (χ2n) is 5.05. The van der Waals surface area contributed by atoms with Gasteiger partial charge in [0, 0.05) is 23.4 Å². The van der Waals surface area contributed by atoms with Crippen LogP contribution in [0.25, 0.3) is 0 Å². The summed E-state index contributed by atoms with van der Waals surface area (Å²) in [6.45, 7) is 0.878. The van der Waals surface area contributed by atoms with Crippen molar-refractivity contribution in [1.29, 1.82) is 0 Å². The molecule has 3 N–H and O–H groups in total. The molecule has 7 heteroatoms. The highest BCUT2D eigenvalue weighted by molar-refractivity contribution is 7.12. The van der Waals surface area contributed by atoms with E-state index in [0.717, 1.165) is 15.3 Å². The van der Waals surface area contributed by atoms with E-state index in [-0.39, 0.29) is 13.1 Å². The number of methoxy groups -OCH3 is 1. The Balaban J connectivity index is 1.85. The molecule has 0 saturated heterocycles. The molecule has 2 amide bonds. The zero-order valence-electron chi connectivity index (χ0n) is 13.3. The molecule has 6 nitrogen and oxygen atoms in total. The maximum atomic E-state index is 11.7. The first-order valence-electron chi connectivity index (χ1n) is 7.48. The number of aliphatic hydroxyl groups is 1. The van der Waals surface area contributed by atoms with Crippen molar-refractivity contribution in [2.24, 2.45) is 0 Å². The number of hydrogen-bond donors (Lipinski definition) is 3. The van der Waals surface area contributed by atoms with Crippen LogP contribution in [0.3, 0.4) is 0 Å². The van der Waals surface area contributed by atoms with Crippen molar-refractivity contribution in [2.45, 2.75) is 12.6 Å². The quantitative estimate of drug-likeness (QED) is 0.518. The number of benzene rings is 1. The Labute approximate surface area is 144 Å². The molecular formula is C17H20N2O4S. The summed E-state index contributed by atoms with van der Waals surface area (Å²) < 4.78 is 4.79. The van der Waals surface area contributed by atoms with Gasteiger partial charge < -0.3 is 20.5 Å². The number of amides is 2. The van der Waals surface area contributed by atoms with Gasteiger partial charge in [0.25, 0.3) is 0 Å². The minimum atomic E-state index is -0.696. The Morgan fingerprint density at radius 1 is 1.12 bits per heavy atom. The van der Waals surface area contributed by atoms with Gasteiger partial charge in [-0.15, -0.1) is 11.3 Å². The number of carbonyl (C=O) groups is 2. The van der Waals surface area contributed by atoms with Crippen LogP contribution in [0.1, 0.15) is 21.4 Å². The van der Waals surface area contributed by atoms with Crippen molar-refractivity contribution in [2.75, 3.05) is 20.3 Å². The average molecular weight is 348 g/mol. The molecule has 128 valence electrons. The highest BCUT2D eigenvalue weighted by Gasteiger charge is 2.15. The Morgan fingerprint density at radius 2 is 1.83 bits per heavy atom. The summed E-state index contributed by atoms with van der Waals surface area (Å²) in [6.07, 6.45) is -0.696. The summed E-state index contributed by atoms with van der Waals surface area (Å²) in [4.78, 5) is 24.8. The van der Waals surface area contributed by atoms with Gasteiger partial charge in [0.1, 0.15) is 6.10 Å². The number of nitrogens with one attached hydrogen (secondary N) is 2. The Hall–Kier alpha value is -2.22. The lowest BCUT2D eigenvalue weighted by Crippen LogP contribution is -2.40. The minimum absolute atomic E-state index is 0.239. The molecule has 2 rings (SSSR count). The van der Waals surface area contributed by atoms with Gasteiger partial charge in [0.2, 0.25) is 0 Å². The van der Waals surface area contributed by atoms with Crippen LogP contribution in [0.2, 0.25) is 0 Å². The highest BCUT2D eigenvalue weighted by atomic mass is 32.1. The first-order valence-corrected chi connectivity index (χ1v) is 8.30. The number of carbonyl (C=O) groups excluding carboxylic acids is 2. The van der Waals surface area contributed by atoms with E-state index in [1.54, 1.807) is 0 Å². The Morgan fingerprint density at radius 3 is 2.54 bits per heavy atom. The largest absolute Gasteiger partial charge is 0.383 e. The maximum Gasteiger partial charge on any atom is 0.309 e. The third-order valence-electron chi connectivity index (χ3n) is 3.29. The van der Waals surface area contributed by atoms with E-state index in [4.69, 9.17) is 4.74 Å². The molecule has 1 atom stereocenters. The molecular weight excluding hydrogens is 328 g/mol. The second-order valence-corrected chi connectivity index (χ2v) is 6.25. The average Bonchev–Trinajstić information content (AvgIpc) is 3.08. The van der Waals surface area contributed by atoms with Crippen LogP contribution >= 0.6 is 11.3 Å². The highest BCUT2D eigenvalue weighted by Crippen LogP contribution is 2.28. The van der Waals surface area contributed by atoms with Gasteiger partial charge in [-0.05, 0) is 17.7 Å². The van der Waals surface area contributed by atoms with Crippen LogP contribution < -0.4 is 10.6 Å². The lowest BCUT2D eigenvalue weighted by molar-refractivity contribution is -0.139. The number of aliphatic hydroxyl groups excluding tert-OH is 1. The molecule has 0 spiro atoms. The van der Waals surface area contributed by atoms with Gasteiger partial charge in [-0.25, -0.2) is 0 Å². The van der Waals surface area contributed by atoms with Crippen LogP contribution in [0.15, 0.2) is 42.5 Å². The SMILES string of the molecule is COCCNC(=O)C(=O)NCc1ccc(C(O)c2ccccc2)s1. The molecule has 0 aliphatic carbocycles. The van der Waals surface area contributed by atoms with Gasteiger partial charge in [0.15, 0.2) is 0 Å².